The van der Waals surface area contributed by atoms with Crippen molar-refractivity contribution in [2.75, 3.05) is 24.7 Å². The van der Waals surface area contributed by atoms with Crippen LogP contribution in [0.1, 0.15) is 43.0 Å². The van der Waals surface area contributed by atoms with Crippen LogP contribution in [0.4, 0.5) is 11.4 Å². The maximum absolute atomic E-state index is 14.2. The van der Waals surface area contributed by atoms with E-state index < -0.39 is 0 Å². The highest BCUT2D eigenvalue weighted by Gasteiger charge is 2.37. The lowest BCUT2D eigenvalue weighted by Crippen LogP contribution is -2.25. The van der Waals surface area contributed by atoms with Crippen LogP contribution < -0.4 is 10.6 Å². The molecule has 36 heavy (non-hydrogen) atoms. The molecule has 0 aliphatic heterocycles. The van der Waals surface area contributed by atoms with Crippen LogP contribution in [-0.2, 0) is 0 Å². The third-order valence-electron chi connectivity index (χ3n) is 6.25. The second-order valence-corrected chi connectivity index (χ2v) is 10.9. The van der Waals surface area contributed by atoms with E-state index in [2.05, 4.69) is 28.8 Å². The molecule has 0 atom stereocenters. The third kappa shape index (κ3) is 4.31. The molecule has 0 heterocycles. The average molecular weight is 511 g/mol. The van der Waals surface area contributed by atoms with Gasteiger partial charge in [-0.1, -0.05) is 58.9 Å². The number of anilines is 2. The molecule has 4 aromatic rings. The third-order valence-corrected chi connectivity index (χ3v) is 8.37. The highest BCUT2D eigenvalue weighted by atomic mass is 32.2. The number of carbonyl (C=O) groups is 2. The molecule has 6 heteroatoms. The molecule has 0 saturated carbocycles. The largest absolute Gasteiger partial charge is 0.388 e. The van der Waals surface area contributed by atoms with Gasteiger partial charge in [0.2, 0.25) is 0 Å². The molecular weight excluding hydrogens is 484 g/mol. The van der Waals surface area contributed by atoms with E-state index in [9.17, 15) is 9.59 Å². The number of aryl methyl sites for hydroxylation is 2. The van der Waals surface area contributed by atoms with Crippen LogP contribution in [0.3, 0.4) is 0 Å². The summed E-state index contributed by atoms with van der Waals surface area (Å²) in [4.78, 5) is 32.0. The zero-order chi connectivity index (χ0) is 25.4. The quantitative estimate of drug-likeness (QED) is 0.247. The van der Waals surface area contributed by atoms with Crippen LogP contribution in [0, 0.1) is 13.8 Å². The van der Waals surface area contributed by atoms with Gasteiger partial charge in [0.1, 0.15) is 0 Å². The predicted octanol–water partition coefficient (Wildman–Crippen LogP) is 7.46. The smallest absolute Gasteiger partial charge is 0.197 e. The minimum atomic E-state index is -0.137. The molecule has 0 saturated heterocycles. The molecule has 5 rings (SSSR count). The van der Waals surface area contributed by atoms with E-state index in [0.29, 0.717) is 33.6 Å². The minimum absolute atomic E-state index is 0.137. The Bertz CT molecular complexity index is 1510. The van der Waals surface area contributed by atoms with E-state index in [1.165, 1.54) is 29.1 Å². The first-order chi connectivity index (χ1) is 17.4. The lowest BCUT2D eigenvalue weighted by atomic mass is 9.82. The van der Waals surface area contributed by atoms with Gasteiger partial charge >= 0.3 is 0 Å². The fourth-order valence-electron chi connectivity index (χ4n) is 4.47. The van der Waals surface area contributed by atoms with E-state index in [0.717, 1.165) is 25.1 Å². The monoisotopic (exact) mass is 510 g/mol. The highest BCUT2D eigenvalue weighted by molar-refractivity contribution is 8.00. The Morgan fingerprint density at radius 3 is 1.58 bits per heavy atom. The van der Waals surface area contributed by atoms with Crippen molar-refractivity contribution >= 4 is 46.5 Å². The Balaban J connectivity index is 1.73. The zero-order valence-electron chi connectivity index (χ0n) is 20.6. The van der Waals surface area contributed by atoms with Gasteiger partial charge in [-0.2, -0.15) is 0 Å². The van der Waals surface area contributed by atoms with Gasteiger partial charge in [-0.25, -0.2) is 0 Å². The fourth-order valence-corrected chi connectivity index (χ4v) is 6.50. The summed E-state index contributed by atoms with van der Waals surface area (Å²) in [6, 6.07) is 24.0. The Hall–Kier alpha value is -3.48. The van der Waals surface area contributed by atoms with E-state index in [-0.39, 0.29) is 11.6 Å². The van der Waals surface area contributed by atoms with Gasteiger partial charge in [-0.15, -0.1) is 0 Å². The first kappa shape index (κ1) is 24.2. The number of nitrogens with one attached hydrogen (secondary N) is 2. The van der Waals surface area contributed by atoms with Crippen molar-refractivity contribution in [2.45, 2.75) is 33.4 Å². The SMILES string of the molecule is CNc1ccc(NC)c2c1C(=O)c1c(Sc3ccc(C)cc3)ccc(Sc3cccc(C)c3)c1C2=O. The summed E-state index contributed by atoms with van der Waals surface area (Å²) in [6.45, 7) is 4.09. The summed E-state index contributed by atoms with van der Waals surface area (Å²) in [5.41, 5.74) is 5.40. The zero-order valence-corrected chi connectivity index (χ0v) is 22.2. The number of rotatable bonds is 6. The van der Waals surface area contributed by atoms with Crippen LogP contribution in [0.2, 0.25) is 0 Å². The molecule has 0 amide bonds. The molecule has 0 fully saturated rings. The molecule has 0 bridgehead atoms. The number of benzene rings is 4. The van der Waals surface area contributed by atoms with E-state index in [1.807, 2.05) is 68.4 Å². The van der Waals surface area contributed by atoms with Crippen LogP contribution in [0.5, 0.6) is 0 Å². The molecule has 0 unspecified atom stereocenters. The molecule has 4 nitrogen and oxygen atoms in total. The maximum atomic E-state index is 14.2. The molecule has 4 aromatic carbocycles. The number of fused-ring (bicyclic) bond motifs is 2. The van der Waals surface area contributed by atoms with E-state index in [1.54, 1.807) is 14.1 Å². The van der Waals surface area contributed by atoms with Crippen molar-refractivity contribution in [1.29, 1.82) is 0 Å². The lowest BCUT2D eigenvalue weighted by Gasteiger charge is -2.26. The van der Waals surface area contributed by atoms with Gasteiger partial charge in [0, 0.05) is 56.2 Å². The van der Waals surface area contributed by atoms with Gasteiger partial charge in [-0.3, -0.25) is 9.59 Å². The Kier molecular flexibility index (Phi) is 6.65. The van der Waals surface area contributed by atoms with Gasteiger partial charge in [0.05, 0.1) is 11.1 Å². The normalized spacial score (nSPS) is 12.2. The molecule has 1 aliphatic rings. The molecule has 0 radical (unpaired) electrons. The standard InChI is InChI=1S/C30H26N2O2S2/c1-17-8-10-19(11-9-17)35-23-14-15-24(36-20-7-5-6-18(2)16-20)28-27(23)29(33)25-21(31-3)12-13-22(32-4)26(25)30(28)34/h5-16,31-32H,1-4H3. The fraction of sp³-hybridized carbons (Fsp3) is 0.133. The van der Waals surface area contributed by atoms with Crippen molar-refractivity contribution in [2.24, 2.45) is 0 Å². The van der Waals surface area contributed by atoms with Crippen molar-refractivity contribution < 1.29 is 9.59 Å². The first-order valence-electron chi connectivity index (χ1n) is 11.7. The van der Waals surface area contributed by atoms with Crippen LogP contribution in [-0.4, -0.2) is 25.7 Å². The number of ketones is 2. The molecule has 0 aromatic heterocycles. The van der Waals surface area contributed by atoms with Crippen LogP contribution >= 0.6 is 23.5 Å². The topological polar surface area (TPSA) is 58.2 Å². The van der Waals surface area contributed by atoms with E-state index >= 15 is 0 Å². The van der Waals surface area contributed by atoms with Crippen LogP contribution in [0.15, 0.2) is 92.4 Å². The molecule has 2 N–H and O–H groups in total. The number of hydrogen-bond donors (Lipinski definition) is 2. The average Bonchev–Trinajstić information content (AvgIpc) is 2.88. The predicted molar refractivity (Wildman–Crippen MR) is 149 cm³/mol. The first-order valence-corrected chi connectivity index (χ1v) is 13.3. The van der Waals surface area contributed by atoms with Gasteiger partial charge in [-0.05, 0) is 62.4 Å². The summed E-state index contributed by atoms with van der Waals surface area (Å²) in [7, 11) is 3.54. The van der Waals surface area contributed by atoms with Crippen molar-refractivity contribution in [3.05, 3.63) is 106 Å². The second-order valence-electron chi connectivity index (χ2n) is 8.71. The molecule has 1 aliphatic carbocycles. The van der Waals surface area contributed by atoms with Crippen molar-refractivity contribution in [3.8, 4) is 0 Å². The van der Waals surface area contributed by atoms with E-state index in [4.69, 9.17) is 0 Å². The van der Waals surface area contributed by atoms with Crippen LogP contribution in [0.25, 0.3) is 0 Å². The summed E-state index contributed by atoms with van der Waals surface area (Å²) in [5.74, 6) is -0.273. The highest BCUT2D eigenvalue weighted by Crippen LogP contribution is 2.45. The maximum Gasteiger partial charge on any atom is 0.197 e. The summed E-state index contributed by atoms with van der Waals surface area (Å²) in [6.07, 6.45) is 0. The van der Waals surface area contributed by atoms with Crippen molar-refractivity contribution in [3.63, 3.8) is 0 Å². The second kappa shape index (κ2) is 9.88. The Labute approximate surface area is 219 Å². The number of carbonyl (C=O) groups excluding carboxylic acids is 2. The summed E-state index contributed by atoms with van der Waals surface area (Å²) < 4.78 is 0. The van der Waals surface area contributed by atoms with Gasteiger partial charge < -0.3 is 10.6 Å². The van der Waals surface area contributed by atoms with Gasteiger partial charge in [0.25, 0.3) is 0 Å². The summed E-state index contributed by atoms with van der Waals surface area (Å²) >= 11 is 3.03. The van der Waals surface area contributed by atoms with Crippen molar-refractivity contribution in [1.82, 2.24) is 0 Å². The summed E-state index contributed by atoms with van der Waals surface area (Å²) in [5, 5.41) is 6.22. The molecule has 0 spiro atoms. The Morgan fingerprint density at radius 1 is 0.556 bits per heavy atom. The molecule has 180 valence electrons. The minimum Gasteiger partial charge on any atom is -0.388 e. The van der Waals surface area contributed by atoms with Gasteiger partial charge in [0.15, 0.2) is 11.6 Å². The molecular formula is C30H26N2O2S2. The number of hydrogen-bond acceptors (Lipinski definition) is 6. The Morgan fingerprint density at radius 2 is 1.08 bits per heavy atom. The lowest BCUT2D eigenvalue weighted by molar-refractivity contribution is 0.0975.